The molecule has 1 unspecified atom stereocenters. The summed E-state index contributed by atoms with van der Waals surface area (Å²) in [5, 5.41) is 0. The van der Waals surface area contributed by atoms with Crippen LogP contribution in [-0.4, -0.2) is 80.1 Å². The fourth-order valence-corrected chi connectivity index (χ4v) is 5.95. The third kappa shape index (κ3) is 3.89. The third-order valence-electron chi connectivity index (χ3n) is 5.68. The normalized spacial score (nSPS) is 27.6. The van der Waals surface area contributed by atoms with Crippen molar-refractivity contribution in [2.45, 2.75) is 31.7 Å². The van der Waals surface area contributed by atoms with E-state index in [1.54, 1.807) is 6.33 Å². The number of sulfone groups is 1. The topological polar surface area (TPSA) is 69.6 Å². The van der Waals surface area contributed by atoms with E-state index < -0.39 is 9.84 Å². The number of piperazine rings is 1. The molecule has 3 aliphatic rings. The Morgan fingerprint density at radius 2 is 1.52 bits per heavy atom. The summed E-state index contributed by atoms with van der Waals surface area (Å²) in [6.45, 7) is 5.77. The van der Waals surface area contributed by atoms with E-state index in [0.717, 1.165) is 57.3 Å². The Kier molecular flexibility index (Phi) is 4.82. The molecule has 1 atom stereocenters. The van der Waals surface area contributed by atoms with Crippen molar-refractivity contribution in [3.05, 3.63) is 12.4 Å². The highest BCUT2D eigenvalue weighted by atomic mass is 32.2. The van der Waals surface area contributed by atoms with Crippen molar-refractivity contribution in [1.82, 2.24) is 14.9 Å². The Labute approximate surface area is 150 Å². The zero-order valence-corrected chi connectivity index (χ0v) is 15.5. The van der Waals surface area contributed by atoms with Gasteiger partial charge < -0.3 is 9.80 Å². The van der Waals surface area contributed by atoms with E-state index in [1.807, 2.05) is 0 Å². The number of rotatable bonds is 3. The van der Waals surface area contributed by atoms with Crippen molar-refractivity contribution < 1.29 is 8.42 Å². The van der Waals surface area contributed by atoms with Crippen LogP contribution in [0.15, 0.2) is 12.4 Å². The molecule has 0 aromatic carbocycles. The van der Waals surface area contributed by atoms with Gasteiger partial charge in [-0.15, -0.1) is 0 Å². The van der Waals surface area contributed by atoms with Crippen molar-refractivity contribution in [3.63, 3.8) is 0 Å². The summed E-state index contributed by atoms with van der Waals surface area (Å²) in [6, 6.07) is 2.32. The van der Waals surface area contributed by atoms with Crippen LogP contribution in [-0.2, 0) is 9.84 Å². The van der Waals surface area contributed by atoms with Gasteiger partial charge in [0, 0.05) is 51.4 Å². The summed E-state index contributed by atoms with van der Waals surface area (Å²) in [5.41, 5.74) is 0. The van der Waals surface area contributed by atoms with Crippen molar-refractivity contribution in [1.29, 1.82) is 0 Å². The van der Waals surface area contributed by atoms with Crippen LogP contribution in [0.2, 0.25) is 0 Å². The third-order valence-corrected chi connectivity index (χ3v) is 7.43. The van der Waals surface area contributed by atoms with Crippen molar-refractivity contribution >= 4 is 21.5 Å². The zero-order chi connectivity index (χ0) is 17.3. The molecule has 138 valence electrons. The van der Waals surface area contributed by atoms with E-state index in [0.29, 0.717) is 11.5 Å². The first kappa shape index (κ1) is 17.0. The summed E-state index contributed by atoms with van der Waals surface area (Å²) in [5.74, 6) is 2.71. The lowest BCUT2D eigenvalue weighted by Gasteiger charge is -2.38. The van der Waals surface area contributed by atoms with Crippen molar-refractivity contribution in [2.75, 3.05) is 60.6 Å². The van der Waals surface area contributed by atoms with Crippen molar-refractivity contribution in [2.24, 2.45) is 0 Å². The molecule has 0 radical (unpaired) electrons. The number of hydrogen-bond donors (Lipinski definition) is 0. The highest BCUT2D eigenvalue weighted by Crippen LogP contribution is 2.24. The highest BCUT2D eigenvalue weighted by Gasteiger charge is 2.33. The molecule has 25 heavy (non-hydrogen) atoms. The second-order valence-corrected chi connectivity index (χ2v) is 9.59. The summed E-state index contributed by atoms with van der Waals surface area (Å²) in [6.07, 6.45) is 6.25. The molecule has 1 aromatic rings. The lowest BCUT2D eigenvalue weighted by molar-refractivity contribution is 0.200. The van der Waals surface area contributed by atoms with Gasteiger partial charge in [-0.05, 0) is 25.7 Å². The summed E-state index contributed by atoms with van der Waals surface area (Å²) >= 11 is 0. The maximum absolute atomic E-state index is 11.7. The average Bonchev–Trinajstić information content (AvgIpc) is 3.03. The van der Waals surface area contributed by atoms with Crippen LogP contribution in [0, 0.1) is 0 Å². The van der Waals surface area contributed by atoms with Gasteiger partial charge in [-0.2, -0.15) is 0 Å². The molecule has 0 N–H and O–H groups in total. The van der Waals surface area contributed by atoms with E-state index in [1.165, 1.54) is 19.3 Å². The molecule has 3 saturated heterocycles. The standard InChI is InChI=1S/C17H27N5O2S/c23-25(24)11-4-15(13-25)20-7-9-22(10-8-20)17-12-16(18-14-19-17)21-5-2-1-3-6-21/h12,14-15H,1-11,13H2. The van der Waals surface area contributed by atoms with E-state index in [-0.39, 0.29) is 6.04 Å². The maximum Gasteiger partial charge on any atom is 0.151 e. The van der Waals surface area contributed by atoms with Crippen LogP contribution >= 0.6 is 0 Å². The van der Waals surface area contributed by atoms with E-state index in [2.05, 4.69) is 30.7 Å². The molecule has 3 aliphatic heterocycles. The minimum atomic E-state index is -2.81. The summed E-state index contributed by atoms with van der Waals surface area (Å²) in [4.78, 5) is 15.9. The smallest absolute Gasteiger partial charge is 0.151 e. The summed E-state index contributed by atoms with van der Waals surface area (Å²) in [7, 11) is -2.81. The van der Waals surface area contributed by atoms with Gasteiger partial charge >= 0.3 is 0 Å². The molecular weight excluding hydrogens is 338 g/mol. The number of aromatic nitrogens is 2. The maximum atomic E-state index is 11.7. The van der Waals surface area contributed by atoms with Crippen LogP contribution in [0.25, 0.3) is 0 Å². The SMILES string of the molecule is O=S1(=O)CCC(N2CCN(c3cc(N4CCCCC4)ncn3)CC2)C1. The van der Waals surface area contributed by atoms with E-state index in [9.17, 15) is 8.42 Å². The first-order valence-electron chi connectivity index (χ1n) is 9.37. The van der Waals surface area contributed by atoms with E-state index >= 15 is 0 Å². The van der Waals surface area contributed by atoms with Gasteiger partial charge in [-0.1, -0.05) is 0 Å². The van der Waals surface area contributed by atoms with Crippen molar-refractivity contribution in [3.8, 4) is 0 Å². The molecular formula is C17H27N5O2S. The molecule has 0 amide bonds. The minimum absolute atomic E-state index is 0.210. The van der Waals surface area contributed by atoms with Crippen LogP contribution < -0.4 is 9.80 Å². The van der Waals surface area contributed by atoms with Crippen LogP contribution in [0.1, 0.15) is 25.7 Å². The largest absolute Gasteiger partial charge is 0.356 e. The molecule has 1 aromatic heterocycles. The minimum Gasteiger partial charge on any atom is -0.356 e. The fraction of sp³-hybridized carbons (Fsp3) is 0.765. The molecule has 0 aliphatic carbocycles. The zero-order valence-electron chi connectivity index (χ0n) is 14.7. The van der Waals surface area contributed by atoms with Gasteiger partial charge in [-0.25, -0.2) is 18.4 Å². The first-order chi connectivity index (χ1) is 12.1. The van der Waals surface area contributed by atoms with E-state index in [4.69, 9.17) is 0 Å². The Bertz CT molecular complexity index is 697. The quantitative estimate of drug-likeness (QED) is 0.784. The lowest BCUT2D eigenvalue weighted by atomic mass is 10.1. The number of piperidine rings is 1. The van der Waals surface area contributed by atoms with Crippen LogP contribution in [0.5, 0.6) is 0 Å². The van der Waals surface area contributed by atoms with Gasteiger partial charge in [0.15, 0.2) is 9.84 Å². The Morgan fingerprint density at radius 3 is 2.12 bits per heavy atom. The molecule has 0 spiro atoms. The lowest BCUT2D eigenvalue weighted by Crippen LogP contribution is -2.51. The predicted octanol–water partition coefficient (Wildman–Crippen LogP) is 0.776. The van der Waals surface area contributed by atoms with Gasteiger partial charge in [0.2, 0.25) is 0 Å². The van der Waals surface area contributed by atoms with Gasteiger partial charge in [0.1, 0.15) is 18.0 Å². The Balaban J connectivity index is 1.37. The van der Waals surface area contributed by atoms with Gasteiger partial charge in [0.25, 0.3) is 0 Å². The first-order valence-corrected chi connectivity index (χ1v) is 11.2. The Morgan fingerprint density at radius 1 is 0.880 bits per heavy atom. The van der Waals surface area contributed by atoms with Crippen LogP contribution in [0.3, 0.4) is 0 Å². The monoisotopic (exact) mass is 365 g/mol. The molecule has 0 saturated carbocycles. The number of anilines is 2. The van der Waals surface area contributed by atoms with Gasteiger partial charge in [0.05, 0.1) is 11.5 Å². The molecule has 8 heteroatoms. The molecule has 7 nitrogen and oxygen atoms in total. The second kappa shape index (κ2) is 7.07. The molecule has 3 fully saturated rings. The number of nitrogens with zero attached hydrogens (tertiary/aromatic N) is 5. The van der Waals surface area contributed by atoms with Gasteiger partial charge in [-0.3, -0.25) is 4.90 Å². The number of hydrogen-bond acceptors (Lipinski definition) is 7. The fourth-order valence-electron chi connectivity index (χ4n) is 4.19. The Hall–Kier alpha value is -1.41. The molecule has 4 rings (SSSR count). The predicted molar refractivity (Wildman–Crippen MR) is 98.9 cm³/mol. The molecule has 0 bridgehead atoms. The van der Waals surface area contributed by atoms with Crippen LogP contribution in [0.4, 0.5) is 11.6 Å². The second-order valence-electron chi connectivity index (χ2n) is 7.36. The molecule has 4 heterocycles. The average molecular weight is 366 g/mol. The highest BCUT2D eigenvalue weighted by molar-refractivity contribution is 7.91. The summed E-state index contributed by atoms with van der Waals surface area (Å²) < 4.78 is 23.4.